The minimum Gasteiger partial charge on any atom is -0.496 e. The number of hydrogen-bond donors (Lipinski definition) is 1. The van der Waals surface area contributed by atoms with Crippen molar-refractivity contribution in [3.05, 3.63) is 35.5 Å². The Labute approximate surface area is 120 Å². The van der Waals surface area contributed by atoms with Crippen molar-refractivity contribution in [2.45, 2.75) is 32.7 Å². The molecule has 0 amide bonds. The van der Waals surface area contributed by atoms with Crippen LogP contribution in [0.1, 0.15) is 32.0 Å². The standard InChI is InChI=1S/C16H23N3O/c1-16(2,3)11-6-7-15(20-5)13(8-11)14-9-12(10-17)18-19(14)4/h6-9H,10,17H2,1-5H3. The third-order valence-electron chi connectivity index (χ3n) is 3.48. The van der Waals surface area contributed by atoms with Gasteiger partial charge in [0.25, 0.3) is 0 Å². The van der Waals surface area contributed by atoms with Crippen LogP contribution in [0.5, 0.6) is 5.75 Å². The Bertz CT molecular complexity index is 609. The lowest BCUT2D eigenvalue weighted by atomic mass is 9.85. The van der Waals surface area contributed by atoms with Crippen LogP contribution in [0.2, 0.25) is 0 Å². The van der Waals surface area contributed by atoms with Gasteiger partial charge < -0.3 is 10.5 Å². The van der Waals surface area contributed by atoms with Crippen LogP contribution in [-0.4, -0.2) is 16.9 Å². The average molecular weight is 273 g/mol. The van der Waals surface area contributed by atoms with E-state index in [-0.39, 0.29) is 5.41 Å². The van der Waals surface area contributed by atoms with Crippen LogP contribution in [0.25, 0.3) is 11.3 Å². The highest BCUT2D eigenvalue weighted by atomic mass is 16.5. The summed E-state index contributed by atoms with van der Waals surface area (Å²) in [4.78, 5) is 0. The molecule has 0 aliphatic carbocycles. The maximum absolute atomic E-state index is 5.67. The molecule has 0 saturated heterocycles. The molecule has 1 aromatic heterocycles. The van der Waals surface area contributed by atoms with Crippen molar-refractivity contribution in [1.82, 2.24) is 9.78 Å². The van der Waals surface area contributed by atoms with Gasteiger partial charge in [-0.25, -0.2) is 0 Å². The van der Waals surface area contributed by atoms with Crippen LogP contribution in [0.15, 0.2) is 24.3 Å². The van der Waals surface area contributed by atoms with E-state index in [0.717, 1.165) is 22.7 Å². The monoisotopic (exact) mass is 273 g/mol. The summed E-state index contributed by atoms with van der Waals surface area (Å²) in [6, 6.07) is 8.33. The van der Waals surface area contributed by atoms with E-state index >= 15 is 0 Å². The average Bonchev–Trinajstić information content (AvgIpc) is 2.78. The van der Waals surface area contributed by atoms with Gasteiger partial charge in [-0.05, 0) is 29.2 Å². The van der Waals surface area contributed by atoms with Gasteiger partial charge in [-0.2, -0.15) is 5.10 Å². The van der Waals surface area contributed by atoms with Crippen molar-refractivity contribution in [3.63, 3.8) is 0 Å². The number of rotatable bonds is 3. The van der Waals surface area contributed by atoms with Gasteiger partial charge >= 0.3 is 0 Å². The number of nitrogens with two attached hydrogens (primary N) is 1. The molecule has 4 nitrogen and oxygen atoms in total. The summed E-state index contributed by atoms with van der Waals surface area (Å²) in [5, 5.41) is 4.41. The molecule has 4 heteroatoms. The molecular formula is C16H23N3O. The predicted octanol–water partition coefficient (Wildman–Crippen LogP) is 2.85. The van der Waals surface area contributed by atoms with Gasteiger partial charge in [-0.15, -0.1) is 0 Å². The molecule has 0 spiro atoms. The normalized spacial score (nSPS) is 11.7. The summed E-state index contributed by atoms with van der Waals surface area (Å²) in [6.45, 7) is 7.04. The number of methoxy groups -OCH3 is 1. The SMILES string of the molecule is COc1ccc(C(C)(C)C)cc1-c1cc(CN)nn1C. The molecule has 2 N–H and O–H groups in total. The predicted molar refractivity (Wildman–Crippen MR) is 81.8 cm³/mol. The van der Waals surface area contributed by atoms with Crippen molar-refractivity contribution < 1.29 is 4.74 Å². The molecule has 2 aromatic rings. The van der Waals surface area contributed by atoms with Crippen LogP contribution in [0.3, 0.4) is 0 Å². The molecule has 20 heavy (non-hydrogen) atoms. The fourth-order valence-electron chi connectivity index (χ4n) is 2.25. The third kappa shape index (κ3) is 2.70. The zero-order valence-electron chi connectivity index (χ0n) is 12.9. The second-order valence-electron chi connectivity index (χ2n) is 6.01. The summed E-state index contributed by atoms with van der Waals surface area (Å²) in [5.74, 6) is 0.851. The highest BCUT2D eigenvalue weighted by Gasteiger charge is 2.18. The van der Waals surface area contributed by atoms with Crippen molar-refractivity contribution >= 4 is 0 Å². The second-order valence-corrected chi connectivity index (χ2v) is 6.01. The van der Waals surface area contributed by atoms with Crippen molar-refractivity contribution in [1.29, 1.82) is 0 Å². The molecule has 0 bridgehead atoms. The molecule has 0 aliphatic heterocycles. The first-order valence-electron chi connectivity index (χ1n) is 6.78. The number of aromatic nitrogens is 2. The molecule has 0 saturated carbocycles. The highest BCUT2D eigenvalue weighted by molar-refractivity contribution is 5.69. The van der Waals surface area contributed by atoms with Gasteiger partial charge in [0, 0.05) is 19.2 Å². The minimum atomic E-state index is 0.0936. The Morgan fingerprint density at radius 1 is 1.25 bits per heavy atom. The Morgan fingerprint density at radius 2 is 1.95 bits per heavy atom. The lowest BCUT2D eigenvalue weighted by Gasteiger charge is -2.21. The Hall–Kier alpha value is -1.81. The van der Waals surface area contributed by atoms with E-state index in [1.54, 1.807) is 7.11 Å². The Balaban J connectivity index is 2.61. The van der Waals surface area contributed by atoms with Gasteiger partial charge in [0.1, 0.15) is 5.75 Å². The lowest BCUT2D eigenvalue weighted by Crippen LogP contribution is -2.11. The van der Waals surface area contributed by atoms with Crippen LogP contribution in [-0.2, 0) is 19.0 Å². The van der Waals surface area contributed by atoms with Crippen LogP contribution >= 0.6 is 0 Å². The molecule has 108 valence electrons. The van der Waals surface area contributed by atoms with Gasteiger partial charge in [0.05, 0.1) is 18.5 Å². The minimum absolute atomic E-state index is 0.0936. The zero-order chi connectivity index (χ0) is 14.9. The van der Waals surface area contributed by atoms with Crippen LogP contribution in [0, 0.1) is 0 Å². The number of ether oxygens (including phenoxy) is 1. The molecule has 1 aromatic carbocycles. The highest BCUT2D eigenvalue weighted by Crippen LogP contribution is 2.34. The molecule has 2 rings (SSSR count). The molecule has 0 atom stereocenters. The number of hydrogen-bond acceptors (Lipinski definition) is 3. The van der Waals surface area contributed by atoms with Crippen molar-refractivity contribution in [3.8, 4) is 17.0 Å². The van der Waals surface area contributed by atoms with E-state index in [1.165, 1.54) is 5.56 Å². The third-order valence-corrected chi connectivity index (χ3v) is 3.48. The van der Waals surface area contributed by atoms with Crippen LogP contribution in [0.4, 0.5) is 0 Å². The summed E-state index contributed by atoms with van der Waals surface area (Å²) in [6.07, 6.45) is 0. The summed E-state index contributed by atoms with van der Waals surface area (Å²) < 4.78 is 7.35. The van der Waals surface area contributed by atoms with Gasteiger partial charge in [0.15, 0.2) is 0 Å². The number of benzene rings is 1. The molecule has 1 heterocycles. The number of nitrogens with zero attached hydrogens (tertiary/aromatic N) is 2. The molecular weight excluding hydrogens is 250 g/mol. The fraction of sp³-hybridized carbons (Fsp3) is 0.438. The van der Waals surface area contributed by atoms with Crippen LogP contribution < -0.4 is 10.5 Å². The Kier molecular flexibility index (Phi) is 3.86. The van der Waals surface area contributed by atoms with Gasteiger partial charge in [-0.1, -0.05) is 26.8 Å². The first kappa shape index (κ1) is 14.6. The smallest absolute Gasteiger partial charge is 0.128 e. The van der Waals surface area contributed by atoms with Crippen molar-refractivity contribution in [2.75, 3.05) is 7.11 Å². The van der Waals surface area contributed by atoms with E-state index in [1.807, 2.05) is 23.9 Å². The van der Waals surface area contributed by atoms with Gasteiger partial charge in [-0.3, -0.25) is 4.68 Å². The van der Waals surface area contributed by atoms with E-state index in [9.17, 15) is 0 Å². The van der Waals surface area contributed by atoms with E-state index < -0.39 is 0 Å². The molecule has 0 aliphatic rings. The lowest BCUT2D eigenvalue weighted by molar-refractivity contribution is 0.415. The molecule has 0 radical (unpaired) electrons. The Morgan fingerprint density at radius 3 is 2.45 bits per heavy atom. The summed E-state index contributed by atoms with van der Waals surface area (Å²) >= 11 is 0. The van der Waals surface area contributed by atoms with E-state index in [0.29, 0.717) is 6.54 Å². The number of aryl methyl sites for hydroxylation is 1. The maximum atomic E-state index is 5.67. The second kappa shape index (κ2) is 5.29. The van der Waals surface area contributed by atoms with E-state index in [4.69, 9.17) is 10.5 Å². The molecule has 0 fully saturated rings. The summed E-state index contributed by atoms with van der Waals surface area (Å²) in [7, 11) is 3.62. The molecule has 0 unspecified atom stereocenters. The first-order chi connectivity index (χ1) is 9.36. The van der Waals surface area contributed by atoms with E-state index in [2.05, 4.69) is 38.0 Å². The quantitative estimate of drug-likeness (QED) is 0.935. The zero-order valence-corrected chi connectivity index (χ0v) is 12.9. The summed E-state index contributed by atoms with van der Waals surface area (Å²) in [5.41, 5.74) is 9.99. The topological polar surface area (TPSA) is 53.1 Å². The van der Waals surface area contributed by atoms with Gasteiger partial charge in [0.2, 0.25) is 0 Å². The maximum Gasteiger partial charge on any atom is 0.128 e. The van der Waals surface area contributed by atoms with Crippen molar-refractivity contribution in [2.24, 2.45) is 12.8 Å². The fourth-order valence-corrected chi connectivity index (χ4v) is 2.25. The first-order valence-corrected chi connectivity index (χ1v) is 6.78. The largest absolute Gasteiger partial charge is 0.496 e.